The van der Waals surface area contributed by atoms with Crippen LogP contribution in [-0.4, -0.2) is 31.2 Å². The van der Waals surface area contributed by atoms with Crippen LogP contribution in [0.3, 0.4) is 0 Å². The van der Waals surface area contributed by atoms with Gasteiger partial charge in [-0.2, -0.15) is 4.31 Å². The van der Waals surface area contributed by atoms with Crippen LogP contribution in [0.25, 0.3) is 0 Å². The molecule has 1 aliphatic heterocycles. The van der Waals surface area contributed by atoms with E-state index < -0.39 is 38.9 Å². The third kappa shape index (κ3) is 3.83. The minimum Gasteiger partial charge on any atom is -0.322 e. The first kappa shape index (κ1) is 20.9. The molecule has 0 radical (unpaired) electrons. The Kier molecular flexibility index (Phi) is 5.59. The molecule has 2 unspecified atom stereocenters. The van der Waals surface area contributed by atoms with Crippen molar-refractivity contribution in [1.29, 1.82) is 0 Å². The molecule has 1 amide bonds. The molecule has 1 saturated heterocycles. The SMILES string of the molecule is O=C(Nc1ccc(F)c(F)c1)c1cc(S(=O)(=O)N2CCC3CCCCC32)ccc1F. The Morgan fingerprint density at radius 3 is 2.43 bits per heavy atom. The summed E-state index contributed by atoms with van der Waals surface area (Å²) >= 11 is 0. The van der Waals surface area contributed by atoms with Crippen molar-refractivity contribution >= 4 is 21.6 Å². The van der Waals surface area contributed by atoms with E-state index in [1.165, 1.54) is 4.31 Å². The van der Waals surface area contributed by atoms with Crippen LogP contribution >= 0.6 is 0 Å². The average Bonchev–Trinajstić information content (AvgIpc) is 3.16. The highest BCUT2D eigenvalue weighted by atomic mass is 32.2. The second-order valence-corrected chi connectivity index (χ2v) is 9.63. The highest BCUT2D eigenvalue weighted by Crippen LogP contribution is 2.39. The van der Waals surface area contributed by atoms with Gasteiger partial charge < -0.3 is 5.32 Å². The zero-order valence-corrected chi connectivity index (χ0v) is 16.9. The van der Waals surface area contributed by atoms with E-state index in [4.69, 9.17) is 0 Å². The van der Waals surface area contributed by atoms with Crippen molar-refractivity contribution in [2.45, 2.75) is 43.0 Å². The van der Waals surface area contributed by atoms with E-state index in [1.807, 2.05) is 0 Å². The Labute approximate surface area is 172 Å². The smallest absolute Gasteiger partial charge is 0.258 e. The lowest BCUT2D eigenvalue weighted by atomic mass is 9.86. The molecule has 160 valence electrons. The second-order valence-electron chi connectivity index (χ2n) is 7.74. The summed E-state index contributed by atoms with van der Waals surface area (Å²) in [6, 6.07) is 5.73. The molecule has 5 nitrogen and oxygen atoms in total. The molecule has 4 rings (SSSR count). The van der Waals surface area contributed by atoms with E-state index in [9.17, 15) is 26.4 Å². The first-order valence-electron chi connectivity index (χ1n) is 9.85. The van der Waals surface area contributed by atoms with Crippen molar-refractivity contribution in [2.24, 2.45) is 5.92 Å². The van der Waals surface area contributed by atoms with Gasteiger partial charge in [-0.1, -0.05) is 12.8 Å². The second kappa shape index (κ2) is 8.03. The molecule has 1 aliphatic carbocycles. The number of carbonyl (C=O) groups excluding carboxylic acids is 1. The van der Waals surface area contributed by atoms with Crippen molar-refractivity contribution in [2.75, 3.05) is 11.9 Å². The third-order valence-electron chi connectivity index (χ3n) is 5.93. The van der Waals surface area contributed by atoms with E-state index in [0.717, 1.165) is 68.5 Å². The standard InChI is InChI=1S/C21H21F3N2O3S/c22-17-8-6-15(30(28,29)26-10-9-13-3-1-2-4-20(13)26)12-16(17)21(27)25-14-5-7-18(23)19(24)11-14/h5-8,11-13,20H,1-4,9-10H2,(H,25,27). The maximum atomic E-state index is 14.3. The maximum Gasteiger partial charge on any atom is 0.258 e. The largest absolute Gasteiger partial charge is 0.322 e. The molecule has 1 heterocycles. The van der Waals surface area contributed by atoms with Crippen molar-refractivity contribution in [3.05, 3.63) is 59.4 Å². The topological polar surface area (TPSA) is 66.5 Å². The van der Waals surface area contributed by atoms with E-state index in [0.29, 0.717) is 12.5 Å². The van der Waals surface area contributed by atoms with E-state index in [2.05, 4.69) is 5.32 Å². The van der Waals surface area contributed by atoms with E-state index in [1.54, 1.807) is 0 Å². The number of nitrogens with zero attached hydrogens (tertiary/aromatic N) is 1. The maximum absolute atomic E-state index is 14.3. The molecule has 0 spiro atoms. The lowest BCUT2D eigenvalue weighted by Crippen LogP contribution is -2.39. The first-order valence-corrected chi connectivity index (χ1v) is 11.3. The molecule has 0 aromatic heterocycles. The Morgan fingerprint density at radius 1 is 0.933 bits per heavy atom. The van der Waals surface area contributed by atoms with Gasteiger partial charge in [-0.15, -0.1) is 0 Å². The fourth-order valence-corrected chi connectivity index (χ4v) is 6.17. The molecular formula is C21H21F3N2O3S. The van der Waals surface area contributed by atoms with Crippen LogP contribution in [0.2, 0.25) is 0 Å². The summed E-state index contributed by atoms with van der Waals surface area (Å²) in [7, 11) is -3.89. The van der Waals surface area contributed by atoms with Gasteiger partial charge in [0.2, 0.25) is 10.0 Å². The highest BCUT2D eigenvalue weighted by Gasteiger charge is 2.42. The molecule has 2 aliphatic rings. The van der Waals surface area contributed by atoms with Crippen molar-refractivity contribution in [1.82, 2.24) is 4.31 Å². The Balaban J connectivity index is 1.61. The number of benzene rings is 2. The summed E-state index contributed by atoms with van der Waals surface area (Å²) in [6.45, 7) is 0.408. The molecule has 1 saturated carbocycles. The van der Waals surface area contributed by atoms with E-state index >= 15 is 0 Å². The van der Waals surface area contributed by atoms with E-state index in [-0.39, 0.29) is 16.6 Å². The number of carbonyl (C=O) groups is 1. The van der Waals surface area contributed by atoms with Crippen LogP contribution < -0.4 is 5.32 Å². The minimum atomic E-state index is -3.89. The fraction of sp³-hybridized carbons (Fsp3) is 0.381. The molecule has 9 heteroatoms. The quantitative estimate of drug-likeness (QED) is 0.774. The van der Waals surface area contributed by atoms with Gasteiger partial charge in [-0.05, 0) is 55.5 Å². The van der Waals surface area contributed by atoms with Gasteiger partial charge in [0, 0.05) is 24.3 Å². The Bertz CT molecular complexity index is 1090. The predicted octanol–water partition coefficient (Wildman–Crippen LogP) is 4.31. The number of halogens is 3. The third-order valence-corrected chi connectivity index (χ3v) is 7.85. The molecule has 2 aromatic rings. The Morgan fingerprint density at radius 2 is 1.67 bits per heavy atom. The number of nitrogens with one attached hydrogen (secondary N) is 1. The fourth-order valence-electron chi connectivity index (χ4n) is 4.41. The molecule has 0 bridgehead atoms. The summed E-state index contributed by atoms with van der Waals surface area (Å²) in [6.07, 6.45) is 4.67. The van der Waals surface area contributed by atoms with Crippen molar-refractivity contribution in [3.8, 4) is 0 Å². The molecular weight excluding hydrogens is 417 g/mol. The van der Waals surface area contributed by atoms with Crippen LogP contribution in [0.15, 0.2) is 41.3 Å². The van der Waals surface area contributed by atoms with Crippen LogP contribution in [-0.2, 0) is 10.0 Å². The number of anilines is 1. The van der Waals surface area contributed by atoms with Crippen LogP contribution in [0.1, 0.15) is 42.5 Å². The number of hydrogen-bond donors (Lipinski definition) is 1. The molecule has 2 atom stereocenters. The highest BCUT2D eigenvalue weighted by molar-refractivity contribution is 7.89. The summed E-state index contributed by atoms with van der Waals surface area (Å²) < 4.78 is 68.6. The van der Waals surface area contributed by atoms with Gasteiger partial charge >= 0.3 is 0 Å². The normalized spacial score (nSPS) is 22.0. The van der Waals surface area contributed by atoms with Crippen LogP contribution in [0.5, 0.6) is 0 Å². The average molecular weight is 438 g/mol. The van der Waals surface area contributed by atoms with Gasteiger partial charge in [0.1, 0.15) is 5.82 Å². The zero-order valence-electron chi connectivity index (χ0n) is 16.1. The first-order chi connectivity index (χ1) is 14.3. The van der Waals surface area contributed by atoms with Gasteiger partial charge in [-0.3, -0.25) is 4.79 Å². The number of sulfonamides is 1. The predicted molar refractivity (Wildman–Crippen MR) is 105 cm³/mol. The van der Waals surface area contributed by atoms with Gasteiger partial charge in [-0.25, -0.2) is 21.6 Å². The zero-order chi connectivity index (χ0) is 21.5. The summed E-state index contributed by atoms with van der Waals surface area (Å²) in [5.41, 5.74) is -0.559. The molecule has 30 heavy (non-hydrogen) atoms. The van der Waals surface area contributed by atoms with Crippen molar-refractivity contribution in [3.63, 3.8) is 0 Å². The monoisotopic (exact) mass is 438 g/mol. The van der Waals surface area contributed by atoms with Gasteiger partial charge in [0.15, 0.2) is 11.6 Å². The molecule has 1 N–H and O–H groups in total. The number of fused-ring (bicyclic) bond motifs is 1. The number of amides is 1. The summed E-state index contributed by atoms with van der Waals surface area (Å²) in [4.78, 5) is 12.3. The minimum absolute atomic E-state index is 0.0618. The summed E-state index contributed by atoms with van der Waals surface area (Å²) in [5, 5.41) is 2.27. The summed E-state index contributed by atoms with van der Waals surface area (Å²) in [5.74, 6) is -3.77. The number of rotatable bonds is 4. The van der Waals surface area contributed by atoms with Crippen LogP contribution in [0, 0.1) is 23.4 Å². The van der Waals surface area contributed by atoms with Crippen molar-refractivity contribution < 1.29 is 26.4 Å². The lowest BCUT2D eigenvalue weighted by molar-refractivity contribution is 0.102. The number of hydrogen-bond acceptors (Lipinski definition) is 3. The molecule has 2 aromatic carbocycles. The van der Waals surface area contributed by atoms with Gasteiger partial charge in [0.25, 0.3) is 5.91 Å². The lowest BCUT2D eigenvalue weighted by Gasteiger charge is -2.31. The molecule has 2 fully saturated rings. The van der Waals surface area contributed by atoms with Gasteiger partial charge in [0.05, 0.1) is 10.5 Å². The Hall–Kier alpha value is -2.39. The van der Waals surface area contributed by atoms with Crippen LogP contribution in [0.4, 0.5) is 18.9 Å².